The molecule has 3 heterocycles. The van der Waals surface area contributed by atoms with Gasteiger partial charge in [0.05, 0.1) is 5.75 Å². The zero-order valence-electron chi connectivity index (χ0n) is 17.6. The zero-order chi connectivity index (χ0) is 21.4. The molecule has 0 aliphatic heterocycles. The van der Waals surface area contributed by atoms with E-state index >= 15 is 0 Å². The second-order valence-corrected chi connectivity index (χ2v) is 9.90. The van der Waals surface area contributed by atoms with Crippen molar-refractivity contribution in [2.75, 3.05) is 5.75 Å². The summed E-state index contributed by atoms with van der Waals surface area (Å²) in [6.45, 7) is 4.06. The minimum Gasteiger partial charge on any atom is -0.318 e. The number of benzene rings is 1. The molecule has 0 atom stereocenters. The molecular weight excluding hydrogens is 424 g/mol. The fourth-order valence-corrected chi connectivity index (χ4v) is 5.63. The number of aromatic nitrogens is 4. The quantitative estimate of drug-likeness (QED) is 0.258. The monoisotopic (exact) mass is 448 g/mol. The van der Waals surface area contributed by atoms with Crippen LogP contribution < -0.4 is 0 Å². The SMILES string of the molecule is Cc1cc(C(=O)CSc2nnc(Cc3cccs3)n2C2CC2)c(C)n1-c1ccccc1. The lowest BCUT2D eigenvalue weighted by Gasteiger charge is -2.10. The first-order valence-electron chi connectivity index (χ1n) is 10.5. The number of hydrogen-bond donors (Lipinski definition) is 0. The molecule has 5 rings (SSSR count). The molecule has 0 amide bonds. The van der Waals surface area contributed by atoms with Crippen LogP contribution in [-0.4, -0.2) is 30.9 Å². The molecular formula is C24H24N4OS2. The van der Waals surface area contributed by atoms with E-state index in [0.29, 0.717) is 11.8 Å². The Morgan fingerprint density at radius 3 is 2.65 bits per heavy atom. The average Bonchev–Trinajstić information content (AvgIpc) is 3.18. The van der Waals surface area contributed by atoms with E-state index < -0.39 is 0 Å². The summed E-state index contributed by atoms with van der Waals surface area (Å²) in [5.41, 5.74) is 3.91. The smallest absolute Gasteiger partial charge is 0.191 e. The molecule has 1 aliphatic carbocycles. The maximum Gasteiger partial charge on any atom is 0.191 e. The van der Waals surface area contributed by atoms with Gasteiger partial charge in [-0.2, -0.15) is 0 Å². The number of carbonyl (C=O) groups excluding carboxylic acids is 1. The average molecular weight is 449 g/mol. The second-order valence-electron chi connectivity index (χ2n) is 7.92. The molecule has 1 aliphatic rings. The Morgan fingerprint density at radius 1 is 1.13 bits per heavy atom. The van der Waals surface area contributed by atoms with Crippen molar-refractivity contribution in [1.29, 1.82) is 0 Å². The standard InChI is InChI=1S/C24H24N4OS2/c1-16-13-21(17(2)27(16)18-7-4-3-5-8-18)22(29)15-31-24-26-25-23(28(24)19-10-11-19)14-20-9-6-12-30-20/h3-9,12-13,19H,10-11,14-15H2,1-2H3. The molecule has 0 bridgehead atoms. The van der Waals surface area contributed by atoms with Gasteiger partial charge >= 0.3 is 0 Å². The van der Waals surface area contributed by atoms with Gasteiger partial charge in [-0.1, -0.05) is 36.0 Å². The number of thiophene rings is 1. The van der Waals surface area contributed by atoms with Gasteiger partial charge in [0.2, 0.25) is 0 Å². The molecule has 1 fully saturated rings. The highest BCUT2D eigenvalue weighted by atomic mass is 32.2. The molecule has 7 heteroatoms. The maximum atomic E-state index is 13.1. The Kier molecular flexibility index (Phi) is 5.54. The zero-order valence-corrected chi connectivity index (χ0v) is 19.2. The molecule has 0 spiro atoms. The van der Waals surface area contributed by atoms with Crippen LogP contribution in [0.1, 0.15) is 51.3 Å². The van der Waals surface area contributed by atoms with Gasteiger partial charge < -0.3 is 9.13 Å². The fraction of sp³-hybridized carbons (Fsp3) is 0.292. The number of thioether (sulfide) groups is 1. The second kappa shape index (κ2) is 8.48. The van der Waals surface area contributed by atoms with E-state index in [1.807, 2.05) is 38.1 Å². The predicted molar refractivity (Wildman–Crippen MR) is 126 cm³/mol. The Morgan fingerprint density at radius 2 is 1.94 bits per heavy atom. The number of para-hydroxylation sites is 1. The molecule has 158 valence electrons. The van der Waals surface area contributed by atoms with Gasteiger partial charge in [-0.25, -0.2) is 0 Å². The molecule has 0 N–H and O–H groups in total. The summed E-state index contributed by atoms with van der Waals surface area (Å²) in [5.74, 6) is 1.50. The van der Waals surface area contributed by atoms with Crippen LogP contribution in [0.25, 0.3) is 5.69 Å². The van der Waals surface area contributed by atoms with Crippen molar-refractivity contribution in [1.82, 2.24) is 19.3 Å². The minimum atomic E-state index is 0.130. The van der Waals surface area contributed by atoms with E-state index in [2.05, 4.69) is 49.0 Å². The minimum absolute atomic E-state index is 0.130. The lowest BCUT2D eigenvalue weighted by molar-refractivity contribution is 0.102. The van der Waals surface area contributed by atoms with E-state index in [4.69, 9.17) is 0 Å². The molecule has 0 unspecified atom stereocenters. The third-order valence-corrected chi connectivity index (χ3v) is 7.46. The van der Waals surface area contributed by atoms with Gasteiger partial charge in [0.15, 0.2) is 10.9 Å². The lowest BCUT2D eigenvalue weighted by atomic mass is 10.2. The van der Waals surface area contributed by atoms with E-state index in [-0.39, 0.29) is 5.78 Å². The summed E-state index contributed by atoms with van der Waals surface area (Å²) < 4.78 is 4.40. The predicted octanol–water partition coefficient (Wildman–Crippen LogP) is 5.65. The topological polar surface area (TPSA) is 52.7 Å². The number of aryl methyl sites for hydroxylation is 1. The highest BCUT2D eigenvalue weighted by Crippen LogP contribution is 2.39. The highest BCUT2D eigenvalue weighted by Gasteiger charge is 2.30. The molecule has 0 saturated heterocycles. The van der Waals surface area contributed by atoms with E-state index in [9.17, 15) is 4.79 Å². The van der Waals surface area contributed by atoms with Crippen LogP contribution in [0.4, 0.5) is 0 Å². The summed E-state index contributed by atoms with van der Waals surface area (Å²) in [5, 5.41) is 11.9. The number of rotatable bonds is 8. The summed E-state index contributed by atoms with van der Waals surface area (Å²) in [6, 6.07) is 16.8. The van der Waals surface area contributed by atoms with Crippen molar-refractivity contribution in [2.45, 2.75) is 44.3 Å². The van der Waals surface area contributed by atoms with Crippen molar-refractivity contribution in [3.05, 3.63) is 81.6 Å². The Hall–Kier alpha value is -2.64. The lowest BCUT2D eigenvalue weighted by Crippen LogP contribution is -2.08. The van der Waals surface area contributed by atoms with Crippen LogP contribution in [0, 0.1) is 13.8 Å². The number of nitrogens with zero attached hydrogens (tertiary/aromatic N) is 4. The normalized spacial score (nSPS) is 13.6. The molecule has 31 heavy (non-hydrogen) atoms. The number of ketones is 1. The van der Waals surface area contributed by atoms with Gasteiger partial charge in [-0.15, -0.1) is 21.5 Å². The summed E-state index contributed by atoms with van der Waals surface area (Å²) in [6.07, 6.45) is 3.12. The van der Waals surface area contributed by atoms with Crippen LogP contribution >= 0.6 is 23.1 Å². The van der Waals surface area contributed by atoms with Gasteiger partial charge in [0, 0.05) is 40.0 Å². The first-order chi connectivity index (χ1) is 15.1. The van der Waals surface area contributed by atoms with Crippen LogP contribution in [0.2, 0.25) is 0 Å². The largest absolute Gasteiger partial charge is 0.318 e. The highest BCUT2D eigenvalue weighted by molar-refractivity contribution is 7.99. The molecule has 1 aromatic carbocycles. The molecule has 1 saturated carbocycles. The van der Waals surface area contributed by atoms with E-state index in [1.54, 1.807) is 11.3 Å². The third-order valence-electron chi connectivity index (χ3n) is 5.64. The first-order valence-corrected chi connectivity index (χ1v) is 12.3. The molecule has 0 radical (unpaired) electrons. The maximum absolute atomic E-state index is 13.1. The molecule has 4 aromatic rings. The van der Waals surface area contributed by atoms with Gasteiger partial charge in [0.1, 0.15) is 5.82 Å². The van der Waals surface area contributed by atoms with E-state index in [1.165, 1.54) is 16.6 Å². The van der Waals surface area contributed by atoms with Crippen molar-refractivity contribution in [3.8, 4) is 5.69 Å². The van der Waals surface area contributed by atoms with Gasteiger partial charge in [-0.05, 0) is 56.3 Å². The fourth-order valence-electron chi connectivity index (χ4n) is 4.02. The number of carbonyl (C=O) groups is 1. The number of Topliss-reactive ketones (excluding diaryl/α,β-unsaturated/α-hetero) is 1. The third kappa shape index (κ3) is 4.12. The van der Waals surface area contributed by atoms with Gasteiger partial charge in [-0.3, -0.25) is 4.79 Å². The Bertz CT molecular complexity index is 1200. The molecule has 3 aromatic heterocycles. The van der Waals surface area contributed by atoms with Crippen molar-refractivity contribution >= 4 is 28.9 Å². The summed E-state index contributed by atoms with van der Waals surface area (Å²) in [4.78, 5) is 14.4. The van der Waals surface area contributed by atoms with Crippen molar-refractivity contribution in [2.24, 2.45) is 0 Å². The van der Waals surface area contributed by atoms with Crippen LogP contribution in [0.5, 0.6) is 0 Å². The van der Waals surface area contributed by atoms with Crippen LogP contribution in [0.3, 0.4) is 0 Å². The van der Waals surface area contributed by atoms with E-state index in [0.717, 1.165) is 52.9 Å². The Labute approximate surface area is 190 Å². The summed E-state index contributed by atoms with van der Waals surface area (Å²) in [7, 11) is 0. The number of hydrogen-bond acceptors (Lipinski definition) is 5. The van der Waals surface area contributed by atoms with Crippen molar-refractivity contribution in [3.63, 3.8) is 0 Å². The molecule has 5 nitrogen and oxygen atoms in total. The van der Waals surface area contributed by atoms with Crippen LogP contribution in [-0.2, 0) is 6.42 Å². The Balaban J connectivity index is 1.34. The first kappa shape index (κ1) is 20.3. The van der Waals surface area contributed by atoms with Gasteiger partial charge in [0.25, 0.3) is 0 Å². The van der Waals surface area contributed by atoms with Crippen LogP contribution in [0.15, 0.2) is 59.1 Å². The van der Waals surface area contributed by atoms with Crippen molar-refractivity contribution < 1.29 is 4.79 Å². The summed E-state index contributed by atoms with van der Waals surface area (Å²) >= 11 is 3.25.